The second kappa shape index (κ2) is 2.85. The molecule has 68 valence electrons. The van der Waals surface area contributed by atoms with Crippen molar-refractivity contribution in [3.05, 3.63) is 18.3 Å². The van der Waals surface area contributed by atoms with Crippen molar-refractivity contribution >= 4 is 5.82 Å². The predicted octanol–water partition coefficient (Wildman–Crippen LogP) is -0.963. The minimum atomic E-state index is 0.405. The summed E-state index contributed by atoms with van der Waals surface area (Å²) in [5.74, 6) is 1.21. The SMILES string of the molecule is Cn1ncnc1Cn1cc(N)nn1. The van der Waals surface area contributed by atoms with Crippen LogP contribution in [0, 0.1) is 0 Å². The van der Waals surface area contributed by atoms with E-state index in [1.807, 2.05) is 7.05 Å². The van der Waals surface area contributed by atoms with E-state index in [4.69, 9.17) is 5.73 Å². The van der Waals surface area contributed by atoms with E-state index in [2.05, 4.69) is 20.4 Å². The van der Waals surface area contributed by atoms with Gasteiger partial charge in [-0.3, -0.25) is 4.68 Å². The minimum Gasteiger partial charge on any atom is -0.381 e. The van der Waals surface area contributed by atoms with Crippen LogP contribution in [-0.4, -0.2) is 29.8 Å². The first-order valence-corrected chi connectivity index (χ1v) is 3.74. The highest BCUT2D eigenvalue weighted by atomic mass is 15.4. The van der Waals surface area contributed by atoms with Gasteiger partial charge in [0.25, 0.3) is 0 Å². The van der Waals surface area contributed by atoms with Crippen molar-refractivity contribution in [1.82, 2.24) is 29.8 Å². The summed E-state index contributed by atoms with van der Waals surface area (Å²) < 4.78 is 3.29. The standard InChI is InChI=1S/C6H9N7/c1-12-6(8-4-9-12)3-13-2-5(7)10-11-13/h2,4H,3,7H2,1H3. The van der Waals surface area contributed by atoms with Crippen LogP contribution < -0.4 is 5.73 Å². The number of nitrogens with zero attached hydrogens (tertiary/aromatic N) is 6. The number of anilines is 1. The fourth-order valence-electron chi connectivity index (χ4n) is 0.999. The van der Waals surface area contributed by atoms with Crippen molar-refractivity contribution in [1.29, 1.82) is 0 Å². The summed E-state index contributed by atoms with van der Waals surface area (Å²) in [7, 11) is 1.82. The summed E-state index contributed by atoms with van der Waals surface area (Å²) >= 11 is 0. The Hall–Kier alpha value is -1.92. The highest BCUT2D eigenvalue weighted by molar-refractivity contribution is 5.19. The Morgan fingerprint density at radius 2 is 2.38 bits per heavy atom. The van der Waals surface area contributed by atoms with Crippen molar-refractivity contribution in [2.75, 3.05) is 5.73 Å². The number of rotatable bonds is 2. The number of aryl methyl sites for hydroxylation is 1. The second-order valence-electron chi connectivity index (χ2n) is 2.64. The highest BCUT2D eigenvalue weighted by Gasteiger charge is 2.02. The first-order valence-electron chi connectivity index (χ1n) is 3.74. The molecule has 0 fully saturated rings. The molecule has 0 aliphatic rings. The molecule has 2 aromatic heterocycles. The van der Waals surface area contributed by atoms with Crippen LogP contribution in [0.2, 0.25) is 0 Å². The molecule has 0 bridgehead atoms. The van der Waals surface area contributed by atoms with E-state index in [9.17, 15) is 0 Å². The maximum Gasteiger partial charge on any atom is 0.165 e. The van der Waals surface area contributed by atoms with Crippen molar-refractivity contribution in [2.45, 2.75) is 6.54 Å². The summed E-state index contributed by atoms with van der Waals surface area (Å²) in [4.78, 5) is 4.04. The molecule has 0 aliphatic carbocycles. The third-order valence-electron chi connectivity index (χ3n) is 1.66. The molecule has 2 N–H and O–H groups in total. The number of aromatic nitrogens is 6. The smallest absolute Gasteiger partial charge is 0.165 e. The van der Waals surface area contributed by atoms with Crippen molar-refractivity contribution < 1.29 is 0 Å². The van der Waals surface area contributed by atoms with E-state index in [0.29, 0.717) is 12.4 Å². The average Bonchev–Trinajstić information content (AvgIpc) is 2.64. The van der Waals surface area contributed by atoms with Crippen LogP contribution in [0.25, 0.3) is 0 Å². The summed E-state index contributed by atoms with van der Waals surface area (Å²) in [6.45, 7) is 0.528. The number of nitrogen functional groups attached to an aromatic ring is 1. The van der Waals surface area contributed by atoms with Crippen LogP contribution >= 0.6 is 0 Å². The van der Waals surface area contributed by atoms with Gasteiger partial charge in [0.1, 0.15) is 18.7 Å². The predicted molar refractivity (Wildman–Crippen MR) is 44.5 cm³/mol. The van der Waals surface area contributed by atoms with E-state index in [1.165, 1.54) is 6.33 Å². The van der Waals surface area contributed by atoms with E-state index in [0.717, 1.165) is 5.82 Å². The van der Waals surface area contributed by atoms with Gasteiger partial charge < -0.3 is 5.73 Å². The van der Waals surface area contributed by atoms with E-state index < -0.39 is 0 Å². The summed E-state index contributed by atoms with van der Waals surface area (Å²) in [6, 6.07) is 0. The van der Waals surface area contributed by atoms with Crippen molar-refractivity contribution in [3.63, 3.8) is 0 Å². The number of hydrogen-bond acceptors (Lipinski definition) is 5. The molecule has 0 amide bonds. The van der Waals surface area contributed by atoms with Gasteiger partial charge in [-0.1, -0.05) is 5.21 Å². The van der Waals surface area contributed by atoms with E-state index in [1.54, 1.807) is 15.6 Å². The van der Waals surface area contributed by atoms with Gasteiger partial charge in [0.15, 0.2) is 5.82 Å². The van der Waals surface area contributed by atoms with Gasteiger partial charge >= 0.3 is 0 Å². The maximum absolute atomic E-state index is 5.41. The fourth-order valence-corrected chi connectivity index (χ4v) is 0.999. The molecule has 0 spiro atoms. The van der Waals surface area contributed by atoms with Gasteiger partial charge in [0, 0.05) is 7.05 Å². The maximum atomic E-state index is 5.41. The monoisotopic (exact) mass is 179 g/mol. The zero-order valence-electron chi connectivity index (χ0n) is 7.12. The highest BCUT2D eigenvalue weighted by Crippen LogP contribution is 1.97. The lowest BCUT2D eigenvalue weighted by Gasteiger charge is -1.98. The molecular weight excluding hydrogens is 170 g/mol. The molecule has 2 heterocycles. The molecule has 2 rings (SSSR count). The topological polar surface area (TPSA) is 87.4 Å². The molecular formula is C6H9N7. The Bertz CT molecular complexity index is 401. The van der Waals surface area contributed by atoms with Gasteiger partial charge in [-0.05, 0) is 0 Å². The lowest BCUT2D eigenvalue weighted by Crippen LogP contribution is -2.07. The third kappa shape index (κ3) is 1.48. The van der Waals surface area contributed by atoms with Crippen LogP contribution in [0.15, 0.2) is 12.5 Å². The van der Waals surface area contributed by atoms with Crippen LogP contribution in [-0.2, 0) is 13.6 Å². The molecule has 0 aliphatic heterocycles. The normalized spacial score (nSPS) is 10.5. The first-order chi connectivity index (χ1) is 6.25. The first kappa shape index (κ1) is 7.71. The summed E-state index contributed by atoms with van der Waals surface area (Å²) in [5.41, 5.74) is 5.41. The van der Waals surface area contributed by atoms with Gasteiger partial charge in [0.2, 0.25) is 0 Å². The van der Waals surface area contributed by atoms with E-state index >= 15 is 0 Å². The molecule has 0 radical (unpaired) electrons. The quantitative estimate of drug-likeness (QED) is 0.641. The lowest BCUT2D eigenvalue weighted by molar-refractivity contribution is 0.589. The lowest BCUT2D eigenvalue weighted by atomic mass is 10.6. The summed E-state index contributed by atoms with van der Waals surface area (Å²) in [6.07, 6.45) is 3.14. The Morgan fingerprint density at radius 1 is 1.54 bits per heavy atom. The molecule has 0 atom stereocenters. The second-order valence-corrected chi connectivity index (χ2v) is 2.64. The van der Waals surface area contributed by atoms with Crippen LogP contribution in [0.1, 0.15) is 5.82 Å². The number of nitrogens with two attached hydrogens (primary N) is 1. The Balaban J connectivity index is 2.19. The summed E-state index contributed by atoms with van der Waals surface area (Å²) in [5, 5.41) is 11.4. The molecule has 0 unspecified atom stereocenters. The molecule has 13 heavy (non-hydrogen) atoms. The third-order valence-corrected chi connectivity index (χ3v) is 1.66. The average molecular weight is 179 g/mol. The largest absolute Gasteiger partial charge is 0.381 e. The Labute approximate surface area is 74.2 Å². The zero-order chi connectivity index (χ0) is 9.26. The van der Waals surface area contributed by atoms with Gasteiger partial charge in [0.05, 0.1) is 6.20 Å². The molecule has 2 aromatic rings. The zero-order valence-corrected chi connectivity index (χ0v) is 7.12. The van der Waals surface area contributed by atoms with Gasteiger partial charge in [-0.25, -0.2) is 9.67 Å². The minimum absolute atomic E-state index is 0.405. The molecule has 0 saturated carbocycles. The molecule has 0 aromatic carbocycles. The Kier molecular flexibility index (Phi) is 1.69. The van der Waals surface area contributed by atoms with Crippen LogP contribution in [0.3, 0.4) is 0 Å². The van der Waals surface area contributed by atoms with Gasteiger partial charge in [-0.15, -0.1) is 5.10 Å². The molecule has 7 nitrogen and oxygen atoms in total. The van der Waals surface area contributed by atoms with Crippen LogP contribution in [0.4, 0.5) is 5.82 Å². The fraction of sp³-hybridized carbons (Fsp3) is 0.333. The van der Waals surface area contributed by atoms with Crippen LogP contribution in [0.5, 0.6) is 0 Å². The van der Waals surface area contributed by atoms with Crippen molar-refractivity contribution in [2.24, 2.45) is 7.05 Å². The molecule has 0 saturated heterocycles. The number of hydrogen-bond donors (Lipinski definition) is 1. The van der Waals surface area contributed by atoms with E-state index in [-0.39, 0.29) is 0 Å². The Morgan fingerprint density at radius 3 is 2.92 bits per heavy atom. The van der Waals surface area contributed by atoms with Crippen molar-refractivity contribution in [3.8, 4) is 0 Å². The molecule has 7 heteroatoms. The van der Waals surface area contributed by atoms with Gasteiger partial charge in [-0.2, -0.15) is 5.10 Å².